The maximum Gasteiger partial charge on any atom is 0.246 e. The van der Waals surface area contributed by atoms with Crippen LogP contribution in [0, 0.1) is 13.8 Å². The summed E-state index contributed by atoms with van der Waals surface area (Å²) >= 11 is 3.38. The lowest BCUT2D eigenvalue weighted by molar-refractivity contribution is 0.327. The molecule has 10 heteroatoms. The van der Waals surface area contributed by atoms with Gasteiger partial charge in [0.05, 0.1) is 6.61 Å². The van der Waals surface area contributed by atoms with Crippen molar-refractivity contribution in [3.8, 4) is 5.75 Å². The lowest BCUT2D eigenvalue weighted by atomic mass is 10.2. The van der Waals surface area contributed by atoms with E-state index in [2.05, 4.69) is 31.2 Å². The lowest BCUT2D eigenvalue weighted by Crippen LogP contribution is -2.49. The number of benzene rings is 2. The molecule has 0 radical (unpaired) electrons. The predicted octanol–water partition coefficient (Wildman–Crippen LogP) is 4.51. The molecule has 2 heterocycles. The Balaban J connectivity index is 1.49. The zero-order valence-electron chi connectivity index (χ0n) is 19.5. The molecule has 0 spiro atoms. The third kappa shape index (κ3) is 5.51. The molecular formula is C24H28BrN5O3S. The summed E-state index contributed by atoms with van der Waals surface area (Å²) in [4.78, 5) is 11.5. The molecule has 3 aromatic rings. The van der Waals surface area contributed by atoms with Crippen molar-refractivity contribution in [1.82, 2.24) is 14.3 Å². The average molecular weight is 546 g/mol. The van der Waals surface area contributed by atoms with Gasteiger partial charge < -0.3 is 15.0 Å². The van der Waals surface area contributed by atoms with Crippen LogP contribution in [0.2, 0.25) is 0 Å². The molecule has 4 rings (SSSR count). The number of nitrogens with one attached hydrogen (secondary N) is 1. The van der Waals surface area contributed by atoms with Crippen molar-refractivity contribution < 1.29 is 13.2 Å². The zero-order chi connectivity index (χ0) is 24.3. The molecule has 1 aromatic heterocycles. The Labute approximate surface area is 209 Å². The SMILES string of the molecule is CCOc1ccc(Br)cc1S(=O)(=O)N1CCN(c2nc(C)cc(Nc3ccc(C)cc3)n2)CC1. The summed E-state index contributed by atoms with van der Waals surface area (Å²) in [5.74, 6) is 1.66. The van der Waals surface area contributed by atoms with E-state index in [9.17, 15) is 8.42 Å². The molecule has 180 valence electrons. The first-order valence-electron chi connectivity index (χ1n) is 11.1. The van der Waals surface area contributed by atoms with Gasteiger partial charge in [0.2, 0.25) is 16.0 Å². The lowest BCUT2D eigenvalue weighted by Gasteiger charge is -2.34. The van der Waals surface area contributed by atoms with Crippen molar-refractivity contribution in [3.63, 3.8) is 0 Å². The number of ether oxygens (including phenoxy) is 1. The zero-order valence-corrected chi connectivity index (χ0v) is 21.9. The highest BCUT2D eigenvalue weighted by Gasteiger charge is 2.32. The topological polar surface area (TPSA) is 87.7 Å². The molecule has 0 amide bonds. The minimum absolute atomic E-state index is 0.175. The van der Waals surface area contributed by atoms with E-state index in [0.29, 0.717) is 54.8 Å². The van der Waals surface area contributed by atoms with E-state index in [4.69, 9.17) is 4.74 Å². The van der Waals surface area contributed by atoms with Gasteiger partial charge >= 0.3 is 0 Å². The van der Waals surface area contributed by atoms with Crippen molar-refractivity contribution in [3.05, 3.63) is 64.3 Å². The summed E-state index contributed by atoms with van der Waals surface area (Å²) in [5.41, 5.74) is 2.98. The number of halogens is 1. The first kappa shape index (κ1) is 24.4. The summed E-state index contributed by atoms with van der Waals surface area (Å²) in [7, 11) is -3.71. The fourth-order valence-electron chi connectivity index (χ4n) is 3.77. The summed E-state index contributed by atoms with van der Waals surface area (Å²) in [6.07, 6.45) is 0. The molecule has 0 saturated carbocycles. The summed E-state index contributed by atoms with van der Waals surface area (Å²) in [5, 5.41) is 3.33. The van der Waals surface area contributed by atoms with E-state index in [0.717, 1.165) is 11.4 Å². The Bertz CT molecular complexity index is 1260. The van der Waals surface area contributed by atoms with Crippen LogP contribution in [0.5, 0.6) is 5.75 Å². The minimum Gasteiger partial charge on any atom is -0.492 e. The number of sulfonamides is 1. The molecule has 0 aliphatic carbocycles. The van der Waals surface area contributed by atoms with Gasteiger partial charge in [0.25, 0.3) is 0 Å². The Morgan fingerprint density at radius 1 is 1.00 bits per heavy atom. The molecular weight excluding hydrogens is 518 g/mol. The number of nitrogens with zero attached hydrogens (tertiary/aromatic N) is 4. The van der Waals surface area contributed by atoms with Gasteiger partial charge in [-0.15, -0.1) is 0 Å². The Hall–Kier alpha value is -2.69. The molecule has 2 aromatic carbocycles. The van der Waals surface area contributed by atoms with Crippen LogP contribution >= 0.6 is 15.9 Å². The van der Waals surface area contributed by atoms with Crippen LogP contribution < -0.4 is 15.0 Å². The molecule has 1 N–H and O–H groups in total. The number of aryl methyl sites for hydroxylation is 2. The Morgan fingerprint density at radius 2 is 1.71 bits per heavy atom. The maximum atomic E-state index is 13.4. The van der Waals surface area contributed by atoms with E-state index in [-0.39, 0.29) is 4.90 Å². The van der Waals surface area contributed by atoms with Crippen LogP contribution in [-0.4, -0.2) is 55.5 Å². The summed E-state index contributed by atoms with van der Waals surface area (Å²) in [6, 6.07) is 15.0. The predicted molar refractivity (Wildman–Crippen MR) is 138 cm³/mol. The van der Waals surface area contributed by atoms with E-state index >= 15 is 0 Å². The van der Waals surface area contributed by atoms with Crippen molar-refractivity contribution in [2.75, 3.05) is 43.0 Å². The maximum absolute atomic E-state index is 13.4. The van der Waals surface area contributed by atoms with Gasteiger partial charge in [-0.25, -0.2) is 13.4 Å². The highest BCUT2D eigenvalue weighted by Crippen LogP contribution is 2.31. The molecule has 1 saturated heterocycles. The fraction of sp³-hybridized carbons (Fsp3) is 0.333. The quantitative estimate of drug-likeness (QED) is 0.467. The average Bonchev–Trinajstić information content (AvgIpc) is 2.81. The highest BCUT2D eigenvalue weighted by molar-refractivity contribution is 9.10. The standard InChI is InChI=1S/C24H28BrN5O3S/c1-4-33-21-10-7-19(25)16-22(21)34(31,32)30-13-11-29(12-14-30)24-26-18(3)15-23(28-24)27-20-8-5-17(2)6-9-20/h5-10,15-16H,4,11-14H2,1-3H3,(H,26,27,28). The van der Waals surface area contributed by atoms with E-state index in [1.54, 1.807) is 18.2 Å². The number of rotatable bonds is 7. The monoisotopic (exact) mass is 545 g/mol. The Morgan fingerprint density at radius 3 is 2.38 bits per heavy atom. The summed E-state index contributed by atoms with van der Waals surface area (Å²) in [6.45, 7) is 7.84. The van der Waals surface area contributed by atoms with Gasteiger partial charge in [-0.3, -0.25) is 0 Å². The number of piperazine rings is 1. The van der Waals surface area contributed by atoms with E-state index in [1.807, 2.05) is 56.0 Å². The number of hydrogen-bond donors (Lipinski definition) is 1. The van der Waals surface area contributed by atoms with Crippen LogP contribution in [0.1, 0.15) is 18.2 Å². The molecule has 8 nitrogen and oxygen atoms in total. The normalized spacial score (nSPS) is 14.8. The van der Waals surface area contributed by atoms with Crippen molar-refractivity contribution in [1.29, 1.82) is 0 Å². The summed E-state index contributed by atoms with van der Waals surface area (Å²) < 4.78 is 34.5. The molecule has 1 fully saturated rings. The van der Waals surface area contributed by atoms with Crippen molar-refractivity contribution in [2.24, 2.45) is 0 Å². The second kappa shape index (κ2) is 10.3. The molecule has 0 atom stereocenters. The van der Waals surface area contributed by atoms with Crippen LogP contribution in [-0.2, 0) is 10.0 Å². The second-order valence-electron chi connectivity index (χ2n) is 8.10. The number of hydrogen-bond acceptors (Lipinski definition) is 7. The Kier molecular flexibility index (Phi) is 7.39. The minimum atomic E-state index is -3.71. The van der Waals surface area contributed by atoms with Gasteiger partial charge in [-0.05, 0) is 51.1 Å². The van der Waals surface area contributed by atoms with Crippen molar-refractivity contribution >= 4 is 43.4 Å². The van der Waals surface area contributed by atoms with Gasteiger partial charge in [0.15, 0.2) is 0 Å². The van der Waals surface area contributed by atoms with Crippen LogP contribution in [0.25, 0.3) is 0 Å². The van der Waals surface area contributed by atoms with Crippen molar-refractivity contribution in [2.45, 2.75) is 25.7 Å². The molecule has 1 aliphatic rings. The van der Waals surface area contributed by atoms with Crippen LogP contribution in [0.3, 0.4) is 0 Å². The van der Waals surface area contributed by atoms with Gasteiger partial charge in [-0.1, -0.05) is 33.6 Å². The molecule has 0 bridgehead atoms. The van der Waals surface area contributed by atoms with Gasteiger partial charge in [0.1, 0.15) is 16.5 Å². The fourth-order valence-corrected chi connectivity index (χ4v) is 5.86. The molecule has 1 aliphatic heterocycles. The molecule has 34 heavy (non-hydrogen) atoms. The van der Waals surface area contributed by atoms with E-state index < -0.39 is 10.0 Å². The highest BCUT2D eigenvalue weighted by atomic mass is 79.9. The van der Waals surface area contributed by atoms with Crippen LogP contribution in [0.4, 0.5) is 17.5 Å². The first-order chi connectivity index (χ1) is 16.3. The first-order valence-corrected chi connectivity index (χ1v) is 13.4. The van der Waals surface area contributed by atoms with E-state index in [1.165, 1.54) is 9.87 Å². The third-order valence-corrected chi connectivity index (χ3v) is 7.92. The molecule has 0 unspecified atom stereocenters. The van der Waals surface area contributed by atoms with Gasteiger partial charge in [-0.2, -0.15) is 9.29 Å². The van der Waals surface area contributed by atoms with Gasteiger partial charge in [0, 0.05) is 48.1 Å². The second-order valence-corrected chi connectivity index (χ2v) is 10.9. The number of anilines is 3. The number of aromatic nitrogens is 2. The largest absolute Gasteiger partial charge is 0.492 e. The van der Waals surface area contributed by atoms with Crippen LogP contribution in [0.15, 0.2) is 57.9 Å². The third-order valence-electron chi connectivity index (χ3n) is 5.51. The smallest absolute Gasteiger partial charge is 0.246 e.